The summed E-state index contributed by atoms with van der Waals surface area (Å²) in [5.74, 6) is 1.39. The van der Waals surface area contributed by atoms with Crippen LogP contribution in [0.25, 0.3) is 0 Å². The van der Waals surface area contributed by atoms with E-state index < -0.39 is 0 Å². The van der Waals surface area contributed by atoms with Gasteiger partial charge in [0.15, 0.2) is 0 Å². The van der Waals surface area contributed by atoms with Crippen LogP contribution in [-0.2, 0) is 17.6 Å². The van der Waals surface area contributed by atoms with Gasteiger partial charge < -0.3 is 10.5 Å². The number of aryl methyl sites for hydroxylation is 1. The van der Waals surface area contributed by atoms with Crippen molar-refractivity contribution < 1.29 is 4.74 Å². The Kier molecular flexibility index (Phi) is 7.41. The van der Waals surface area contributed by atoms with E-state index in [0.717, 1.165) is 25.7 Å². The second-order valence-corrected chi connectivity index (χ2v) is 6.70. The molecule has 0 fully saturated rings. The zero-order chi connectivity index (χ0) is 15.8. The molecule has 0 aliphatic heterocycles. The van der Waals surface area contributed by atoms with Gasteiger partial charge in [-0.15, -0.1) is 0 Å². The summed E-state index contributed by atoms with van der Waals surface area (Å²) in [5.41, 5.74) is 10.6. The summed E-state index contributed by atoms with van der Waals surface area (Å²) in [4.78, 5) is 0. The van der Waals surface area contributed by atoms with Crippen molar-refractivity contribution >= 4 is 0 Å². The van der Waals surface area contributed by atoms with E-state index in [1.165, 1.54) is 50.5 Å². The van der Waals surface area contributed by atoms with Gasteiger partial charge in [-0.2, -0.15) is 0 Å². The van der Waals surface area contributed by atoms with E-state index in [1.807, 2.05) is 0 Å². The number of fused-ring (bicyclic) bond motifs is 1. The van der Waals surface area contributed by atoms with Crippen molar-refractivity contribution in [3.8, 4) is 0 Å². The molecule has 0 aromatic heterocycles. The zero-order valence-electron chi connectivity index (χ0n) is 14.4. The largest absolute Gasteiger partial charge is 0.382 e. The van der Waals surface area contributed by atoms with Gasteiger partial charge in [0.2, 0.25) is 0 Å². The summed E-state index contributed by atoms with van der Waals surface area (Å²) >= 11 is 0. The molecule has 1 aliphatic carbocycles. The van der Waals surface area contributed by atoms with Crippen molar-refractivity contribution in [1.82, 2.24) is 0 Å². The third-order valence-electron chi connectivity index (χ3n) is 5.06. The topological polar surface area (TPSA) is 35.2 Å². The van der Waals surface area contributed by atoms with E-state index in [0.29, 0.717) is 5.92 Å². The molecule has 2 heteroatoms. The molecule has 124 valence electrons. The molecule has 0 saturated carbocycles. The van der Waals surface area contributed by atoms with Crippen LogP contribution in [0.3, 0.4) is 0 Å². The van der Waals surface area contributed by atoms with Gasteiger partial charge >= 0.3 is 0 Å². The molecule has 0 bridgehead atoms. The highest BCUT2D eigenvalue weighted by molar-refractivity contribution is 5.36. The van der Waals surface area contributed by atoms with Gasteiger partial charge in [0.1, 0.15) is 0 Å². The molecule has 2 unspecified atom stereocenters. The third-order valence-corrected chi connectivity index (χ3v) is 5.06. The first-order valence-corrected chi connectivity index (χ1v) is 9.17. The molecule has 0 spiro atoms. The van der Waals surface area contributed by atoms with Crippen molar-refractivity contribution in [3.05, 3.63) is 34.9 Å². The SMILES string of the molecule is CCCC(CN)c1ccc2c(c1)CCC(CCCOCC)C2. The Labute approximate surface area is 136 Å². The van der Waals surface area contributed by atoms with E-state index in [1.54, 1.807) is 11.1 Å². The van der Waals surface area contributed by atoms with Gasteiger partial charge in [0.25, 0.3) is 0 Å². The maximum absolute atomic E-state index is 5.96. The average molecular weight is 303 g/mol. The lowest BCUT2D eigenvalue weighted by molar-refractivity contribution is 0.138. The lowest BCUT2D eigenvalue weighted by Crippen LogP contribution is -2.17. The third kappa shape index (κ3) is 4.82. The maximum Gasteiger partial charge on any atom is 0.0465 e. The highest BCUT2D eigenvalue weighted by Gasteiger charge is 2.19. The van der Waals surface area contributed by atoms with Crippen molar-refractivity contribution in [2.24, 2.45) is 11.7 Å². The fourth-order valence-electron chi connectivity index (χ4n) is 3.74. The average Bonchev–Trinajstić information content (AvgIpc) is 2.56. The number of hydrogen-bond acceptors (Lipinski definition) is 2. The van der Waals surface area contributed by atoms with Crippen LogP contribution in [0.2, 0.25) is 0 Å². The van der Waals surface area contributed by atoms with E-state index >= 15 is 0 Å². The van der Waals surface area contributed by atoms with E-state index in [4.69, 9.17) is 10.5 Å². The van der Waals surface area contributed by atoms with Gasteiger partial charge in [0.05, 0.1) is 0 Å². The van der Waals surface area contributed by atoms with Crippen LogP contribution in [-0.4, -0.2) is 19.8 Å². The van der Waals surface area contributed by atoms with Gasteiger partial charge in [-0.1, -0.05) is 31.5 Å². The standard InChI is InChI=1S/C20H33NO/c1-3-6-20(15-21)19-11-10-17-13-16(7-5-12-22-4-2)8-9-18(17)14-19/h10-11,14,16,20H,3-9,12-13,15,21H2,1-2H3. The Bertz CT molecular complexity index is 443. The van der Waals surface area contributed by atoms with Gasteiger partial charge in [-0.3, -0.25) is 0 Å². The van der Waals surface area contributed by atoms with Crippen LogP contribution in [0.15, 0.2) is 18.2 Å². The number of hydrogen-bond donors (Lipinski definition) is 1. The van der Waals surface area contributed by atoms with Crippen molar-refractivity contribution in [1.29, 1.82) is 0 Å². The minimum Gasteiger partial charge on any atom is -0.382 e. The molecule has 2 N–H and O–H groups in total. The molecule has 2 atom stereocenters. The summed E-state index contributed by atoms with van der Waals surface area (Å²) in [6.07, 6.45) is 8.76. The van der Waals surface area contributed by atoms with Crippen LogP contribution in [0.1, 0.15) is 68.6 Å². The number of ether oxygens (including phenoxy) is 1. The molecular formula is C20H33NO. The minimum atomic E-state index is 0.541. The second-order valence-electron chi connectivity index (χ2n) is 6.70. The first-order valence-electron chi connectivity index (χ1n) is 9.17. The van der Waals surface area contributed by atoms with Crippen molar-refractivity contribution in [3.63, 3.8) is 0 Å². The lowest BCUT2D eigenvalue weighted by Gasteiger charge is -2.26. The van der Waals surface area contributed by atoms with Crippen LogP contribution in [0, 0.1) is 5.92 Å². The molecule has 1 aromatic rings. The normalized spacial score (nSPS) is 19.0. The molecule has 0 radical (unpaired) electrons. The molecule has 0 saturated heterocycles. The molecular weight excluding hydrogens is 270 g/mol. The molecule has 1 aromatic carbocycles. The van der Waals surface area contributed by atoms with E-state index in [2.05, 4.69) is 32.0 Å². The van der Waals surface area contributed by atoms with Gasteiger partial charge in [0, 0.05) is 13.2 Å². The fourth-order valence-corrected chi connectivity index (χ4v) is 3.74. The molecule has 0 heterocycles. The highest BCUT2D eigenvalue weighted by atomic mass is 16.5. The van der Waals surface area contributed by atoms with Crippen molar-refractivity contribution in [2.75, 3.05) is 19.8 Å². The van der Waals surface area contributed by atoms with Gasteiger partial charge in [-0.25, -0.2) is 0 Å². The van der Waals surface area contributed by atoms with E-state index in [-0.39, 0.29) is 0 Å². The van der Waals surface area contributed by atoms with Crippen molar-refractivity contribution in [2.45, 2.75) is 64.7 Å². The second kappa shape index (κ2) is 9.32. The molecule has 2 nitrogen and oxygen atoms in total. The molecule has 1 aliphatic rings. The molecule has 0 amide bonds. The Morgan fingerprint density at radius 2 is 2.14 bits per heavy atom. The Morgan fingerprint density at radius 3 is 2.86 bits per heavy atom. The highest BCUT2D eigenvalue weighted by Crippen LogP contribution is 2.31. The van der Waals surface area contributed by atoms with Crippen LogP contribution in [0.4, 0.5) is 0 Å². The Morgan fingerprint density at radius 1 is 1.27 bits per heavy atom. The predicted molar refractivity (Wildman–Crippen MR) is 94.4 cm³/mol. The summed E-state index contributed by atoms with van der Waals surface area (Å²) in [6, 6.07) is 7.14. The fraction of sp³-hybridized carbons (Fsp3) is 0.700. The van der Waals surface area contributed by atoms with Crippen LogP contribution in [0.5, 0.6) is 0 Å². The van der Waals surface area contributed by atoms with Gasteiger partial charge in [-0.05, 0) is 80.5 Å². The quantitative estimate of drug-likeness (QED) is 0.684. The summed E-state index contributed by atoms with van der Waals surface area (Å²) in [7, 11) is 0. The van der Waals surface area contributed by atoms with E-state index in [9.17, 15) is 0 Å². The Balaban J connectivity index is 1.93. The molecule has 22 heavy (non-hydrogen) atoms. The summed E-state index contributed by atoms with van der Waals surface area (Å²) in [5, 5.41) is 0. The minimum absolute atomic E-state index is 0.541. The number of nitrogens with two attached hydrogens (primary N) is 1. The Hall–Kier alpha value is -0.860. The molecule has 2 rings (SSSR count). The first kappa shape index (κ1) is 17.5. The smallest absolute Gasteiger partial charge is 0.0465 e. The summed E-state index contributed by atoms with van der Waals surface area (Å²) < 4.78 is 5.46. The zero-order valence-corrected chi connectivity index (χ0v) is 14.4. The van der Waals surface area contributed by atoms with Crippen LogP contribution >= 0.6 is 0 Å². The number of rotatable bonds is 9. The first-order chi connectivity index (χ1) is 10.8. The monoisotopic (exact) mass is 303 g/mol. The maximum atomic E-state index is 5.96. The number of benzene rings is 1. The lowest BCUT2D eigenvalue weighted by atomic mass is 9.80. The summed E-state index contributed by atoms with van der Waals surface area (Å²) in [6.45, 7) is 6.85. The van der Waals surface area contributed by atoms with Crippen LogP contribution < -0.4 is 5.73 Å². The predicted octanol–water partition coefficient (Wildman–Crippen LogP) is 4.45.